The first-order valence-electron chi connectivity index (χ1n) is 4.18. The van der Waals surface area contributed by atoms with Gasteiger partial charge in [0.15, 0.2) is 0 Å². The fourth-order valence-corrected chi connectivity index (χ4v) is 1.47. The van der Waals surface area contributed by atoms with Gasteiger partial charge >= 0.3 is 5.69 Å². The minimum absolute atomic E-state index is 0.379. The summed E-state index contributed by atoms with van der Waals surface area (Å²) < 4.78 is 0. The van der Waals surface area contributed by atoms with Crippen LogP contribution < -0.4 is 21.5 Å². The molecule has 0 saturated heterocycles. The molecular weight excluding hydrogens is 184 g/mol. The lowest BCUT2D eigenvalue weighted by molar-refractivity contribution is 0.945. The lowest BCUT2D eigenvalue weighted by Crippen LogP contribution is -2.29. The highest BCUT2D eigenvalue weighted by Gasteiger charge is 2.21. The summed E-state index contributed by atoms with van der Waals surface area (Å²) in [5.41, 5.74) is -0.415. The van der Waals surface area contributed by atoms with E-state index in [1.165, 1.54) is 0 Å². The Kier molecular flexibility index (Phi) is 1.88. The Balaban J connectivity index is 2.54. The zero-order chi connectivity index (χ0) is 10.1. The van der Waals surface area contributed by atoms with E-state index in [1.54, 1.807) is 11.0 Å². The lowest BCUT2D eigenvalue weighted by atomic mass is 10.4. The van der Waals surface area contributed by atoms with Crippen molar-refractivity contribution in [3.63, 3.8) is 0 Å². The van der Waals surface area contributed by atoms with Crippen molar-refractivity contribution >= 4 is 11.5 Å². The maximum Gasteiger partial charge on any atom is 0.327 e. The Labute approximate surface area is 79.3 Å². The Morgan fingerprint density at radius 1 is 1.43 bits per heavy atom. The van der Waals surface area contributed by atoms with Gasteiger partial charge in [-0.05, 0) is 0 Å². The van der Waals surface area contributed by atoms with Crippen molar-refractivity contribution in [1.82, 2.24) is 9.97 Å². The first-order chi connectivity index (χ1) is 6.72. The van der Waals surface area contributed by atoms with Crippen molar-refractivity contribution in [3.8, 4) is 0 Å². The summed E-state index contributed by atoms with van der Waals surface area (Å²) >= 11 is 0. The van der Waals surface area contributed by atoms with E-state index in [4.69, 9.17) is 0 Å². The van der Waals surface area contributed by atoms with Gasteiger partial charge in [0.2, 0.25) is 0 Å². The van der Waals surface area contributed by atoms with E-state index in [0.717, 1.165) is 0 Å². The summed E-state index contributed by atoms with van der Waals surface area (Å²) in [6, 6.07) is 0. The first-order valence-corrected chi connectivity index (χ1v) is 4.18. The SMILES string of the molecule is C=CCN1CNc2[nH]c(=O)[nH]c(=O)c21. The van der Waals surface area contributed by atoms with Crippen LogP contribution in [-0.4, -0.2) is 23.2 Å². The van der Waals surface area contributed by atoms with Crippen molar-refractivity contribution in [1.29, 1.82) is 0 Å². The number of nitrogens with zero attached hydrogens (tertiary/aromatic N) is 1. The van der Waals surface area contributed by atoms with E-state index < -0.39 is 5.69 Å². The number of fused-ring (bicyclic) bond motifs is 1. The maximum absolute atomic E-state index is 11.4. The molecule has 0 aromatic carbocycles. The van der Waals surface area contributed by atoms with Crippen LogP contribution in [0.25, 0.3) is 0 Å². The van der Waals surface area contributed by atoms with Crippen LogP contribution in [0.3, 0.4) is 0 Å². The summed E-state index contributed by atoms with van der Waals surface area (Å²) in [4.78, 5) is 28.8. The second-order valence-corrected chi connectivity index (χ2v) is 2.98. The summed E-state index contributed by atoms with van der Waals surface area (Å²) in [5, 5.41) is 2.92. The third-order valence-corrected chi connectivity index (χ3v) is 2.03. The molecule has 0 bridgehead atoms. The second kappa shape index (κ2) is 3.06. The molecule has 0 unspecified atom stereocenters. The Morgan fingerprint density at radius 3 is 2.93 bits per heavy atom. The normalized spacial score (nSPS) is 13.6. The molecule has 0 amide bonds. The highest BCUT2D eigenvalue weighted by atomic mass is 16.2. The number of aromatic nitrogens is 2. The van der Waals surface area contributed by atoms with Crippen LogP contribution in [-0.2, 0) is 0 Å². The van der Waals surface area contributed by atoms with Crippen LogP contribution in [0.15, 0.2) is 22.2 Å². The number of nitrogens with one attached hydrogen (secondary N) is 3. The Bertz CT molecular complexity index is 473. The Morgan fingerprint density at radius 2 is 2.21 bits per heavy atom. The van der Waals surface area contributed by atoms with Crippen molar-refractivity contribution in [2.24, 2.45) is 0 Å². The first kappa shape index (κ1) is 8.61. The molecule has 2 rings (SSSR count). The van der Waals surface area contributed by atoms with Gasteiger partial charge in [-0.15, -0.1) is 6.58 Å². The molecule has 14 heavy (non-hydrogen) atoms. The van der Waals surface area contributed by atoms with Crippen molar-refractivity contribution in [2.45, 2.75) is 0 Å². The molecule has 74 valence electrons. The third-order valence-electron chi connectivity index (χ3n) is 2.03. The molecule has 1 aliphatic rings. The summed E-state index contributed by atoms with van der Waals surface area (Å²) in [6.45, 7) is 4.66. The molecule has 6 heteroatoms. The molecular formula is C8H10N4O2. The standard InChI is InChI=1S/C8H10N4O2/c1-2-3-12-4-9-6-5(12)7(13)11-8(14)10-6/h2H,1,3-4H2,(H3,9,10,11,13,14). The van der Waals surface area contributed by atoms with Gasteiger partial charge in [0.25, 0.3) is 5.56 Å². The molecule has 1 aromatic rings. The molecule has 1 aliphatic heterocycles. The molecule has 1 aromatic heterocycles. The lowest BCUT2D eigenvalue weighted by Gasteiger charge is -2.12. The number of anilines is 2. The average Bonchev–Trinajstić information content (AvgIpc) is 2.49. The molecule has 2 heterocycles. The zero-order valence-electron chi connectivity index (χ0n) is 7.46. The van der Waals surface area contributed by atoms with E-state index in [-0.39, 0.29) is 5.56 Å². The third kappa shape index (κ3) is 1.20. The van der Waals surface area contributed by atoms with Crippen LogP contribution in [0.4, 0.5) is 11.5 Å². The van der Waals surface area contributed by atoms with Crippen LogP contribution in [0.2, 0.25) is 0 Å². The van der Waals surface area contributed by atoms with E-state index in [1.807, 2.05) is 0 Å². The monoisotopic (exact) mass is 194 g/mol. The minimum Gasteiger partial charge on any atom is -0.352 e. The van der Waals surface area contributed by atoms with Gasteiger partial charge in [-0.3, -0.25) is 14.8 Å². The fourth-order valence-electron chi connectivity index (χ4n) is 1.47. The predicted octanol–water partition coefficient (Wildman–Crippen LogP) is -0.561. The van der Waals surface area contributed by atoms with Gasteiger partial charge in [0.05, 0.1) is 6.67 Å². The van der Waals surface area contributed by atoms with E-state index in [2.05, 4.69) is 21.9 Å². The molecule has 0 radical (unpaired) electrons. The molecule has 0 fully saturated rings. The molecule has 0 atom stereocenters. The van der Waals surface area contributed by atoms with Crippen molar-refractivity contribution < 1.29 is 0 Å². The van der Waals surface area contributed by atoms with Crippen LogP contribution in [0.1, 0.15) is 0 Å². The van der Waals surface area contributed by atoms with Gasteiger partial charge < -0.3 is 10.2 Å². The number of hydrogen-bond donors (Lipinski definition) is 3. The van der Waals surface area contributed by atoms with E-state index in [9.17, 15) is 9.59 Å². The minimum atomic E-state index is -0.498. The van der Waals surface area contributed by atoms with Gasteiger partial charge in [-0.1, -0.05) is 6.08 Å². The molecule has 0 aliphatic carbocycles. The van der Waals surface area contributed by atoms with Gasteiger partial charge in [-0.2, -0.15) is 0 Å². The van der Waals surface area contributed by atoms with Crippen molar-refractivity contribution in [2.75, 3.05) is 23.4 Å². The van der Waals surface area contributed by atoms with Crippen molar-refractivity contribution in [3.05, 3.63) is 33.5 Å². The number of hydrogen-bond acceptors (Lipinski definition) is 4. The topological polar surface area (TPSA) is 81.0 Å². The molecule has 6 nitrogen and oxygen atoms in total. The zero-order valence-corrected chi connectivity index (χ0v) is 7.46. The van der Waals surface area contributed by atoms with Gasteiger partial charge in [0, 0.05) is 6.54 Å². The predicted molar refractivity (Wildman–Crippen MR) is 53.7 cm³/mol. The molecule has 0 spiro atoms. The Hall–Kier alpha value is -1.98. The number of rotatable bonds is 2. The maximum atomic E-state index is 11.4. The number of H-pyrrole nitrogens is 2. The van der Waals surface area contributed by atoms with Crippen LogP contribution >= 0.6 is 0 Å². The van der Waals surface area contributed by atoms with Gasteiger partial charge in [-0.25, -0.2) is 4.79 Å². The van der Waals surface area contributed by atoms with Gasteiger partial charge in [0.1, 0.15) is 11.5 Å². The highest BCUT2D eigenvalue weighted by molar-refractivity contribution is 5.69. The second-order valence-electron chi connectivity index (χ2n) is 2.98. The van der Waals surface area contributed by atoms with Crippen LogP contribution in [0.5, 0.6) is 0 Å². The summed E-state index contributed by atoms with van der Waals surface area (Å²) in [5.74, 6) is 0.473. The van der Waals surface area contributed by atoms with E-state index in [0.29, 0.717) is 24.7 Å². The summed E-state index contributed by atoms with van der Waals surface area (Å²) in [6.07, 6.45) is 1.70. The highest BCUT2D eigenvalue weighted by Crippen LogP contribution is 2.22. The van der Waals surface area contributed by atoms with E-state index >= 15 is 0 Å². The fraction of sp³-hybridized carbons (Fsp3) is 0.250. The smallest absolute Gasteiger partial charge is 0.327 e. The molecule has 3 N–H and O–H groups in total. The average molecular weight is 194 g/mol. The summed E-state index contributed by atoms with van der Waals surface area (Å²) in [7, 11) is 0. The quantitative estimate of drug-likeness (QED) is 0.551. The van der Waals surface area contributed by atoms with Crippen LogP contribution in [0, 0.1) is 0 Å². The molecule has 0 saturated carbocycles. The number of aromatic amines is 2. The largest absolute Gasteiger partial charge is 0.352 e.